The molecular weight excluding hydrogens is 138 g/mol. The molecule has 0 aliphatic carbocycles. The predicted octanol–water partition coefficient (Wildman–Crippen LogP) is 1.26. The first-order valence-electron chi connectivity index (χ1n) is 4.72. The highest BCUT2D eigenvalue weighted by atomic mass is 16.5. The average Bonchev–Trinajstić information content (AvgIpc) is 2.04. The van der Waals surface area contributed by atoms with Crippen molar-refractivity contribution in [1.82, 2.24) is 4.90 Å². The zero-order valence-electron chi connectivity index (χ0n) is 7.25. The molecule has 0 aromatic heterocycles. The third kappa shape index (κ3) is 1.57. The fraction of sp³-hybridized carbons (Fsp3) is 1.00. The van der Waals surface area contributed by atoms with Crippen molar-refractivity contribution in [2.45, 2.75) is 38.3 Å². The first kappa shape index (κ1) is 7.56. The molecule has 0 N–H and O–H groups in total. The Morgan fingerprint density at radius 2 is 2.27 bits per heavy atom. The number of morpholine rings is 1. The van der Waals surface area contributed by atoms with Gasteiger partial charge < -0.3 is 4.74 Å². The van der Waals surface area contributed by atoms with E-state index in [4.69, 9.17) is 4.74 Å². The van der Waals surface area contributed by atoms with Crippen LogP contribution in [0, 0.1) is 0 Å². The van der Waals surface area contributed by atoms with Crippen molar-refractivity contribution in [2.75, 3.05) is 19.7 Å². The second-order valence-corrected chi connectivity index (χ2v) is 3.79. The molecular formula is C9H17NO. The Labute approximate surface area is 68.5 Å². The molecule has 2 fully saturated rings. The van der Waals surface area contributed by atoms with E-state index in [0.717, 1.165) is 19.2 Å². The van der Waals surface area contributed by atoms with Crippen LogP contribution >= 0.6 is 0 Å². The highest BCUT2D eigenvalue weighted by Gasteiger charge is 2.28. The summed E-state index contributed by atoms with van der Waals surface area (Å²) in [5.74, 6) is 0. The Balaban J connectivity index is 1.93. The van der Waals surface area contributed by atoms with Crippen LogP contribution in [-0.2, 0) is 4.74 Å². The fourth-order valence-corrected chi connectivity index (χ4v) is 2.15. The summed E-state index contributed by atoms with van der Waals surface area (Å²) in [7, 11) is 0. The van der Waals surface area contributed by atoms with Crippen molar-refractivity contribution in [3.8, 4) is 0 Å². The van der Waals surface area contributed by atoms with Crippen molar-refractivity contribution in [3.05, 3.63) is 0 Å². The monoisotopic (exact) mass is 155 g/mol. The number of piperidine rings is 1. The summed E-state index contributed by atoms with van der Waals surface area (Å²) < 4.78 is 5.61. The van der Waals surface area contributed by atoms with Crippen LogP contribution in [0.4, 0.5) is 0 Å². The van der Waals surface area contributed by atoms with Gasteiger partial charge in [-0.15, -0.1) is 0 Å². The van der Waals surface area contributed by atoms with Gasteiger partial charge in [-0.2, -0.15) is 0 Å². The summed E-state index contributed by atoms with van der Waals surface area (Å²) >= 11 is 0. The van der Waals surface area contributed by atoms with E-state index in [9.17, 15) is 0 Å². The molecule has 0 aromatic carbocycles. The van der Waals surface area contributed by atoms with E-state index < -0.39 is 0 Å². The van der Waals surface area contributed by atoms with Gasteiger partial charge in [0.1, 0.15) is 0 Å². The third-order valence-corrected chi connectivity index (χ3v) is 2.81. The molecule has 0 aromatic rings. The molecule has 2 aliphatic heterocycles. The summed E-state index contributed by atoms with van der Waals surface area (Å²) in [6.07, 6.45) is 4.61. The summed E-state index contributed by atoms with van der Waals surface area (Å²) in [6, 6.07) is 0.750. The number of ether oxygens (including phenoxy) is 1. The lowest BCUT2D eigenvalue weighted by atomic mass is 10.0. The van der Waals surface area contributed by atoms with E-state index in [2.05, 4.69) is 11.8 Å². The molecule has 0 amide bonds. The first-order chi connectivity index (χ1) is 5.36. The smallest absolute Gasteiger partial charge is 0.0674 e. The van der Waals surface area contributed by atoms with Gasteiger partial charge >= 0.3 is 0 Å². The number of hydrogen-bond acceptors (Lipinski definition) is 2. The average molecular weight is 155 g/mol. The SMILES string of the molecule is CC1CN2CCCCC2CO1. The van der Waals surface area contributed by atoms with E-state index in [1.54, 1.807) is 0 Å². The van der Waals surface area contributed by atoms with E-state index in [0.29, 0.717) is 6.10 Å². The van der Waals surface area contributed by atoms with Crippen LogP contribution in [0.25, 0.3) is 0 Å². The van der Waals surface area contributed by atoms with E-state index in [-0.39, 0.29) is 0 Å². The standard InChI is InChI=1S/C9H17NO/c1-8-6-10-5-3-2-4-9(10)7-11-8/h8-9H,2-7H2,1H3. The van der Waals surface area contributed by atoms with Crippen LogP contribution in [-0.4, -0.2) is 36.7 Å². The molecule has 2 nitrogen and oxygen atoms in total. The van der Waals surface area contributed by atoms with Gasteiger partial charge in [0.05, 0.1) is 12.7 Å². The Hall–Kier alpha value is -0.0800. The van der Waals surface area contributed by atoms with Crippen LogP contribution in [0.2, 0.25) is 0 Å². The van der Waals surface area contributed by atoms with Crippen molar-refractivity contribution in [3.63, 3.8) is 0 Å². The Kier molecular flexibility index (Phi) is 2.14. The number of hydrogen-bond donors (Lipinski definition) is 0. The van der Waals surface area contributed by atoms with Gasteiger partial charge in [0, 0.05) is 12.6 Å². The minimum Gasteiger partial charge on any atom is -0.376 e. The van der Waals surface area contributed by atoms with Crippen LogP contribution in [0.5, 0.6) is 0 Å². The van der Waals surface area contributed by atoms with Gasteiger partial charge in [0.15, 0.2) is 0 Å². The molecule has 2 heteroatoms. The Morgan fingerprint density at radius 3 is 3.18 bits per heavy atom. The largest absolute Gasteiger partial charge is 0.376 e. The molecule has 0 saturated carbocycles. The molecule has 0 spiro atoms. The molecule has 2 rings (SSSR count). The zero-order valence-corrected chi connectivity index (χ0v) is 7.25. The molecule has 2 heterocycles. The van der Waals surface area contributed by atoms with Gasteiger partial charge in [0.25, 0.3) is 0 Å². The summed E-state index contributed by atoms with van der Waals surface area (Å²) in [5, 5.41) is 0. The van der Waals surface area contributed by atoms with Crippen molar-refractivity contribution in [2.24, 2.45) is 0 Å². The van der Waals surface area contributed by atoms with E-state index in [1.807, 2.05) is 0 Å². The maximum Gasteiger partial charge on any atom is 0.0674 e. The van der Waals surface area contributed by atoms with Crippen molar-refractivity contribution < 1.29 is 4.74 Å². The van der Waals surface area contributed by atoms with Gasteiger partial charge in [-0.05, 0) is 26.3 Å². The predicted molar refractivity (Wildman–Crippen MR) is 44.6 cm³/mol. The van der Waals surface area contributed by atoms with Crippen LogP contribution in [0.15, 0.2) is 0 Å². The minimum atomic E-state index is 0.462. The normalized spacial score (nSPS) is 40.1. The molecule has 0 radical (unpaired) electrons. The lowest BCUT2D eigenvalue weighted by molar-refractivity contribution is -0.0667. The van der Waals surface area contributed by atoms with Crippen LogP contribution in [0.1, 0.15) is 26.2 Å². The third-order valence-electron chi connectivity index (χ3n) is 2.81. The number of nitrogens with zero attached hydrogens (tertiary/aromatic N) is 1. The lowest BCUT2D eigenvalue weighted by Gasteiger charge is -2.41. The molecule has 2 unspecified atom stereocenters. The molecule has 0 bridgehead atoms. The number of rotatable bonds is 0. The second-order valence-electron chi connectivity index (χ2n) is 3.79. The maximum atomic E-state index is 5.61. The zero-order chi connectivity index (χ0) is 7.68. The fourth-order valence-electron chi connectivity index (χ4n) is 2.15. The summed E-state index contributed by atoms with van der Waals surface area (Å²) in [6.45, 7) is 5.61. The van der Waals surface area contributed by atoms with Crippen molar-refractivity contribution in [1.29, 1.82) is 0 Å². The topological polar surface area (TPSA) is 12.5 Å². The van der Waals surface area contributed by atoms with Crippen molar-refractivity contribution >= 4 is 0 Å². The minimum absolute atomic E-state index is 0.462. The van der Waals surface area contributed by atoms with Gasteiger partial charge in [-0.3, -0.25) is 4.90 Å². The highest BCUT2D eigenvalue weighted by Crippen LogP contribution is 2.21. The lowest BCUT2D eigenvalue weighted by Crippen LogP contribution is -2.50. The molecule has 2 atom stereocenters. The van der Waals surface area contributed by atoms with Gasteiger partial charge in [0.2, 0.25) is 0 Å². The Bertz CT molecular complexity index is 138. The molecule has 64 valence electrons. The first-order valence-corrected chi connectivity index (χ1v) is 4.72. The number of fused-ring (bicyclic) bond motifs is 1. The van der Waals surface area contributed by atoms with E-state index >= 15 is 0 Å². The summed E-state index contributed by atoms with van der Waals surface area (Å²) in [5.41, 5.74) is 0. The van der Waals surface area contributed by atoms with Crippen LogP contribution in [0.3, 0.4) is 0 Å². The highest BCUT2D eigenvalue weighted by molar-refractivity contribution is 4.81. The second kappa shape index (κ2) is 3.11. The molecule has 2 saturated heterocycles. The quantitative estimate of drug-likeness (QED) is 0.522. The van der Waals surface area contributed by atoms with Gasteiger partial charge in [-0.25, -0.2) is 0 Å². The molecule has 11 heavy (non-hydrogen) atoms. The van der Waals surface area contributed by atoms with Crippen LogP contribution < -0.4 is 0 Å². The molecule has 2 aliphatic rings. The van der Waals surface area contributed by atoms with Gasteiger partial charge in [-0.1, -0.05) is 6.42 Å². The van der Waals surface area contributed by atoms with E-state index in [1.165, 1.54) is 25.8 Å². The summed E-state index contributed by atoms with van der Waals surface area (Å²) in [4.78, 5) is 2.59. The Morgan fingerprint density at radius 1 is 1.36 bits per heavy atom. The maximum absolute atomic E-state index is 5.61.